The summed E-state index contributed by atoms with van der Waals surface area (Å²) < 4.78 is 0. The fraction of sp³-hybridized carbons (Fsp3) is 0. The van der Waals surface area contributed by atoms with Crippen LogP contribution >= 0.6 is 0 Å². The molecule has 0 bridgehead atoms. The molecule has 0 aliphatic carbocycles. The smallest absolute Gasteiger partial charge is 2.00 e. The molecule has 0 amide bonds. The first kappa shape index (κ1) is 289. The van der Waals surface area contributed by atoms with Gasteiger partial charge in [0.25, 0.3) is 0 Å². The van der Waals surface area contributed by atoms with Gasteiger partial charge in [-0.1, -0.05) is 0 Å². The molecule has 12 nitrogen and oxygen atoms in total. The second-order valence-corrected chi connectivity index (χ2v) is 0. The average Bonchev–Trinajstić information content (AvgIpc) is 0. The van der Waals surface area contributed by atoms with Crippen molar-refractivity contribution < 1.29 is 155 Å². The molecule has 0 spiro atoms. The maximum Gasteiger partial charge on any atom is 5.00 e. The van der Waals surface area contributed by atoms with Gasteiger partial charge in [0.15, 0.2) is 0 Å². The summed E-state index contributed by atoms with van der Waals surface area (Å²) in [6.45, 7) is 0. The van der Waals surface area contributed by atoms with Gasteiger partial charge in [0, 0.05) is 20.1 Å². The maximum atomic E-state index is 0. The number of rotatable bonds is 0. The Balaban J connectivity index is 0. The van der Waals surface area contributed by atoms with E-state index >= 15 is 0 Å². The van der Waals surface area contributed by atoms with Crippen LogP contribution in [0.5, 0.6) is 0 Å². The zero-order valence-electron chi connectivity index (χ0n) is 11.1. The van der Waals surface area contributed by atoms with E-state index in [1.54, 1.807) is 0 Å². The van der Waals surface area contributed by atoms with E-state index in [1.807, 2.05) is 0 Å². The first-order valence-electron chi connectivity index (χ1n) is 0. The molecule has 23 heteroatoms. The monoisotopic (exact) mass is 1470 g/mol. The van der Waals surface area contributed by atoms with Crippen LogP contribution < -0.4 is 24.8 Å². The van der Waals surface area contributed by atoms with Crippen LogP contribution in [0.25, 0.3) is 0 Å². The Bertz CT molecular complexity index is 41.5. The van der Waals surface area contributed by atoms with Gasteiger partial charge in [-0.05, 0) is 0 Å². The van der Waals surface area contributed by atoms with Gasteiger partial charge in [-0.15, -0.1) is 0 Å². The quantitative estimate of drug-likeness (QED) is 0.204. The summed E-state index contributed by atoms with van der Waals surface area (Å²) in [5, 5.41) is 0. The van der Waals surface area contributed by atoms with Crippen LogP contribution in [0.3, 0.4) is 0 Å². The van der Waals surface area contributed by atoms with E-state index in [4.69, 9.17) is 0 Å². The second kappa shape index (κ2) is 264. The number of halogens is 2. The number of hydrogen-bond donors (Lipinski definition) is 0. The summed E-state index contributed by atoms with van der Waals surface area (Å²) in [4.78, 5) is 0. The van der Waals surface area contributed by atoms with Crippen molar-refractivity contribution in [3.63, 3.8) is 0 Å². The van der Waals surface area contributed by atoms with Gasteiger partial charge in [-0.3, -0.25) is 0 Å². The zero-order chi connectivity index (χ0) is 0. The van der Waals surface area contributed by atoms with Gasteiger partial charge in [0.1, 0.15) is 0 Å². The summed E-state index contributed by atoms with van der Waals surface area (Å²) in [7, 11) is 0. The van der Waals surface area contributed by atoms with Crippen molar-refractivity contribution in [3.8, 4) is 0 Å². The molecule has 0 aliphatic heterocycles. The van der Waals surface area contributed by atoms with Crippen LogP contribution in [-0.2, 0) is 131 Å². The van der Waals surface area contributed by atoms with E-state index in [1.165, 1.54) is 0 Å². The molecule has 0 rings (SSSR count). The SMILES string of the molecule is [Ba+2].[Ba+2].[Ba+2].[Ba+2].[Ba+2].[Ba+2].[Cl-].[Cl-].[Ir].[Nb+5].[Nb+5].[O-2].[O-2].[O-2].[O-2].[O-2].[O-2].[O-2].[O-2].[O-2].[O-2].[O-2].[O-2]. The summed E-state index contributed by atoms with van der Waals surface area (Å²) >= 11 is 0. The van der Waals surface area contributed by atoms with Crippen LogP contribution in [0, 0.1) is 0 Å². The largest absolute Gasteiger partial charge is 5.00 e. The first-order valence-corrected chi connectivity index (χ1v) is 0. The first-order chi connectivity index (χ1) is 0. The third-order valence-electron chi connectivity index (χ3n) is 0. The minimum Gasteiger partial charge on any atom is -2.00 e. The zero-order valence-corrected chi connectivity index (χ0v) is 46.1. The van der Waals surface area contributed by atoms with E-state index in [-0.39, 0.29) is 449 Å². The summed E-state index contributed by atoms with van der Waals surface area (Å²) in [5.41, 5.74) is 0. The Morgan fingerprint density at radius 2 is 0.217 bits per heavy atom. The molecule has 0 fully saturated rings. The van der Waals surface area contributed by atoms with Gasteiger partial charge in [0.05, 0.1) is 0 Å². The van der Waals surface area contributed by atoms with Crippen molar-refractivity contribution in [1.29, 1.82) is 0 Å². The molecule has 0 saturated heterocycles. The van der Waals surface area contributed by atoms with E-state index in [0.717, 1.165) is 0 Å². The standard InChI is InChI=1S/6Ba.2ClH.Ir.2Nb.12O/h;;;;;;2*1H;;;;;;;;;;;;;;;/q6*+2;;;;2*+5;12*-2/p-2. The van der Waals surface area contributed by atoms with Crippen molar-refractivity contribution in [1.82, 2.24) is 0 Å². The third kappa shape index (κ3) is 248. The van der Waals surface area contributed by atoms with Gasteiger partial charge in [-0.25, -0.2) is 0 Å². The number of hydrogen-bond acceptors (Lipinski definition) is 0. The Kier molecular flexibility index (Phi) is 3320. The minimum atomic E-state index is 0. The molecule has 0 aromatic heterocycles. The van der Waals surface area contributed by atoms with E-state index in [0.29, 0.717) is 0 Å². The summed E-state index contributed by atoms with van der Waals surface area (Å²) in [6, 6.07) is 0. The van der Waals surface area contributed by atoms with E-state index in [9.17, 15) is 0 Å². The van der Waals surface area contributed by atoms with Crippen molar-refractivity contribution in [3.05, 3.63) is 0 Å². The summed E-state index contributed by atoms with van der Waals surface area (Å²) in [6.07, 6.45) is 0. The molecule has 121 valence electrons. The summed E-state index contributed by atoms with van der Waals surface area (Å²) in [5.74, 6) is 0. The van der Waals surface area contributed by atoms with Crippen LogP contribution in [0.15, 0.2) is 0 Å². The average molecular weight is 1460 g/mol. The predicted octanol–water partition coefficient (Wildman–Crippen LogP) is -9.71. The fourth-order valence-electron chi connectivity index (χ4n) is 0. The van der Waals surface area contributed by atoms with Crippen LogP contribution in [0.2, 0.25) is 0 Å². The minimum absolute atomic E-state index is 0. The van der Waals surface area contributed by atoms with Gasteiger partial charge in [0.2, 0.25) is 0 Å². The Morgan fingerprint density at radius 1 is 0.217 bits per heavy atom. The Hall–Kier alpha value is 11.7. The van der Waals surface area contributed by atoms with Gasteiger partial charge in [-0.2, -0.15) is 0 Å². The maximum absolute atomic E-state index is 0. The third-order valence-corrected chi connectivity index (χ3v) is 0. The normalized spacial score (nSPS) is 0. The van der Waals surface area contributed by atoms with Crippen LogP contribution in [-0.4, -0.2) is 293 Å². The molecule has 23 heavy (non-hydrogen) atoms. The fourth-order valence-corrected chi connectivity index (χ4v) is 0. The molecular formula is Ba6Cl2IrNb2O12-4. The van der Waals surface area contributed by atoms with Crippen molar-refractivity contribution in [2.24, 2.45) is 0 Å². The topological polar surface area (TPSA) is 342 Å². The Morgan fingerprint density at radius 3 is 0.217 bits per heavy atom. The van der Waals surface area contributed by atoms with E-state index < -0.39 is 0 Å². The Labute approximate surface area is 434 Å². The molecular weight excluding hydrogens is 1460 g/mol. The van der Waals surface area contributed by atoms with Crippen molar-refractivity contribution in [2.45, 2.75) is 0 Å². The van der Waals surface area contributed by atoms with Crippen LogP contribution in [0.1, 0.15) is 0 Å². The van der Waals surface area contributed by atoms with Crippen LogP contribution in [0.4, 0.5) is 0 Å². The molecule has 0 atom stereocenters. The molecule has 0 heterocycles. The molecule has 0 saturated carbocycles. The molecule has 0 aliphatic rings. The molecule has 0 aromatic carbocycles. The van der Waals surface area contributed by atoms with Gasteiger partial charge >= 0.3 is 338 Å². The molecule has 0 aromatic rings. The van der Waals surface area contributed by atoms with Gasteiger partial charge < -0.3 is 90.5 Å². The van der Waals surface area contributed by atoms with Crippen molar-refractivity contribution in [2.75, 3.05) is 0 Å². The molecule has 1 radical (unpaired) electrons. The van der Waals surface area contributed by atoms with Crippen molar-refractivity contribution >= 4 is 293 Å². The molecule has 0 unspecified atom stereocenters. The molecule has 0 N–H and O–H groups in total. The predicted molar refractivity (Wildman–Crippen MR) is 42.8 cm³/mol. The van der Waals surface area contributed by atoms with E-state index in [2.05, 4.69) is 0 Å². The second-order valence-electron chi connectivity index (χ2n) is 0.